The molecule has 0 fully saturated rings. The molecule has 7 heteroatoms. The van der Waals surface area contributed by atoms with Gasteiger partial charge in [-0.05, 0) is 24.3 Å². The summed E-state index contributed by atoms with van der Waals surface area (Å²) in [4.78, 5) is 16.5. The second-order valence-corrected chi connectivity index (χ2v) is 6.15. The summed E-state index contributed by atoms with van der Waals surface area (Å²) in [6, 6.07) is 13.0. The molecule has 0 bridgehead atoms. The number of thiazole rings is 1. The van der Waals surface area contributed by atoms with Gasteiger partial charge in [-0.15, -0.1) is 0 Å². The van der Waals surface area contributed by atoms with Gasteiger partial charge in [-0.25, -0.2) is 4.98 Å². The van der Waals surface area contributed by atoms with Gasteiger partial charge in [0.1, 0.15) is 11.3 Å². The standard InChI is InChI=1S/C18H18N2O4S/c1-22-12-6-3-4-7-13(12)24-11-10-16(21)19-18-20-17-14(23-2)8-5-9-15(17)25-18/h3-9H,10-11H2,1-2H3,(H,19,20,21). The average molecular weight is 358 g/mol. The molecular formula is C18H18N2O4S. The van der Waals surface area contributed by atoms with Crippen molar-refractivity contribution in [2.45, 2.75) is 6.42 Å². The molecule has 0 atom stereocenters. The van der Waals surface area contributed by atoms with Crippen LogP contribution in [0.15, 0.2) is 42.5 Å². The lowest BCUT2D eigenvalue weighted by Crippen LogP contribution is -2.15. The molecule has 0 saturated heterocycles. The summed E-state index contributed by atoms with van der Waals surface area (Å²) in [5.41, 5.74) is 0.746. The molecule has 0 radical (unpaired) electrons. The molecule has 0 aliphatic heterocycles. The smallest absolute Gasteiger partial charge is 0.229 e. The van der Waals surface area contributed by atoms with Crippen molar-refractivity contribution in [3.63, 3.8) is 0 Å². The Morgan fingerprint density at radius 3 is 2.52 bits per heavy atom. The van der Waals surface area contributed by atoms with Crippen molar-refractivity contribution in [3.8, 4) is 17.2 Å². The van der Waals surface area contributed by atoms with Gasteiger partial charge in [-0.1, -0.05) is 29.5 Å². The van der Waals surface area contributed by atoms with E-state index in [0.717, 1.165) is 10.2 Å². The fraction of sp³-hybridized carbons (Fsp3) is 0.222. The van der Waals surface area contributed by atoms with Crippen LogP contribution in [0.2, 0.25) is 0 Å². The van der Waals surface area contributed by atoms with Gasteiger partial charge in [0.25, 0.3) is 0 Å². The van der Waals surface area contributed by atoms with Crippen LogP contribution < -0.4 is 19.5 Å². The Hall–Kier alpha value is -2.80. The number of methoxy groups -OCH3 is 2. The molecule has 0 aliphatic carbocycles. The summed E-state index contributed by atoms with van der Waals surface area (Å²) >= 11 is 1.41. The molecule has 6 nitrogen and oxygen atoms in total. The Morgan fingerprint density at radius 1 is 1.04 bits per heavy atom. The van der Waals surface area contributed by atoms with Crippen LogP contribution in [0.5, 0.6) is 17.2 Å². The number of para-hydroxylation sites is 3. The summed E-state index contributed by atoms with van der Waals surface area (Å²) in [7, 11) is 3.18. The number of aromatic nitrogens is 1. The van der Waals surface area contributed by atoms with Crippen molar-refractivity contribution in [1.29, 1.82) is 0 Å². The fourth-order valence-corrected chi connectivity index (χ4v) is 3.21. The minimum absolute atomic E-state index is 0.159. The molecule has 1 N–H and O–H groups in total. The highest BCUT2D eigenvalue weighted by Gasteiger charge is 2.11. The summed E-state index contributed by atoms with van der Waals surface area (Å²) in [5.74, 6) is 1.78. The van der Waals surface area contributed by atoms with Crippen LogP contribution in [0, 0.1) is 0 Å². The Bertz CT molecular complexity index is 878. The average Bonchev–Trinajstić information content (AvgIpc) is 3.04. The SMILES string of the molecule is COc1ccccc1OCCC(=O)Nc1nc2c(OC)cccc2s1. The highest BCUT2D eigenvalue weighted by Crippen LogP contribution is 2.32. The Balaban J connectivity index is 1.58. The van der Waals surface area contributed by atoms with E-state index in [1.165, 1.54) is 11.3 Å². The zero-order valence-corrected chi connectivity index (χ0v) is 14.8. The number of carbonyl (C=O) groups is 1. The maximum atomic E-state index is 12.1. The molecule has 0 spiro atoms. The molecule has 25 heavy (non-hydrogen) atoms. The molecule has 0 unspecified atom stereocenters. The largest absolute Gasteiger partial charge is 0.494 e. The number of fused-ring (bicyclic) bond motifs is 1. The van der Waals surface area contributed by atoms with E-state index in [-0.39, 0.29) is 18.9 Å². The van der Waals surface area contributed by atoms with Crippen molar-refractivity contribution >= 4 is 32.6 Å². The van der Waals surface area contributed by atoms with Gasteiger partial charge in [-0.2, -0.15) is 0 Å². The molecule has 0 aliphatic rings. The Labute approximate surface area is 149 Å². The maximum absolute atomic E-state index is 12.1. The topological polar surface area (TPSA) is 69.7 Å². The van der Waals surface area contributed by atoms with Gasteiger partial charge in [0.2, 0.25) is 5.91 Å². The minimum Gasteiger partial charge on any atom is -0.494 e. The molecular weight excluding hydrogens is 340 g/mol. The number of hydrogen-bond acceptors (Lipinski definition) is 6. The van der Waals surface area contributed by atoms with Crippen molar-refractivity contribution in [1.82, 2.24) is 4.98 Å². The van der Waals surface area contributed by atoms with E-state index in [1.54, 1.807) is 20.3 Å². The lowest BCUT2D eigenvalue weighted by molar-refractivity contribution is -0.116. The second-order valence-electron chi connectivity index (χ2n) is 5.12. The van der Waals surface area contributed by atoms with Crippen LogP contribution in [0.1, 0.15) is 6.42 Å². The quantitative estimate of drug-likeness (QED) is 0.697. The summed E-state index contributed by atoms with van der Waals surface area (Å²) in [6.45, 7) is 0.250. The Morgan fingerprint density at radius 2 is 1.76 bits per heavy atom. The number of anilines is 1. The van der Waals surface area contributed by atoms with Crippen LogP contribution in [0.25, 0.3) is 10.2 Å². The highest BCUT2D eigenvalue weighted by atomic mass is 32.1. The van der Waals surface area contributed by atoms with Crippen LogP contribution >= 0.6 is 11.3 Å². The predicted molar refractivity (Wildman–Crippen MR) is 97.9 cm³/mol. The lowest BCUT2D eigenvalue weighted by Gasteiger charge is -2.09. The van der Waals surface area contributed by atoms with E-state index < -0.39 is 0 Å². The first-order chi connectivity index (χ1) is 12.2. The zero-order chi connectivity index (χ0) is 17.6. The third-order valence-corrected chi connectivity index (χ3v) is 4.44. The first kappa shape index (κ1) is 17.0. The van der Waals surface area contributed by atoms with E-state index in [9.17, 15) is 4.79 Å². The van der Waals surface area contributed by atoms with Gasteiger partial charge < -0.3 is 19.5 Å². The first-order valence-corrected chi connectivity index (χ1v) is 8.52. The van der Waals surface area contributed by atoms with E-state index in [1.807, 2.05) is 36.4 Å². The van der Waals surface area contributed by atoms with E-state index >= 15 is 0 Å². The van der Waals surface area contributed by atoms with Crippen molar-refractivity contribution in [3.05, 3.63) is 42.5 Å². The minimum atomic E-state index is -0.159. The van der Waals surface area contributed by atoms with E-state index in [0.29, 0.717) is 22.4 Å². The number of hydrogen-bond donors (Lipinski definition) is 1. The number of benzene rings is 2. The summed E-state index contributed by atoms with van der Waals surface area (Å²) < 4.78 is 17.1. The molecule has 1 heterocycles. The lowest BCUT2D eigenvalue weighted by atomic mass is 10.3. The fourth-order valence-electron chi connectivity index (χ4n) is 2.31. The number of nitrogens with zero attached hydrogens (tertiary/aromatic N) is 1. The van der Waals surface area contributed by atoms with Crippen LogP contribution in [-0.4, -0.2) is 31.7 Å². The van der Waals surface area contributed by atoms with Crippen molar-refractivity contribution in [2.75, 3.05) is 26.1 Å². The molecule has 3 rings (SSSR count). The number of ether oxygens (including phenoxy) is 3. The van der Waals surface area contributed by atoms with Gasteiger partial charge >= 0.3 is 0 Å². The van der Waals surface area contributed by atoms with Gasteiger partial charge in [0.15, 0.2) is 16.6 Å². The normalized spacial score (nSPS) is 10.5. The number of carbonyl (C=O) groups excluding carboxylic acids is 1. The van der Waals surface area contributed by atoms with E-state index in [2.05, 4.69) is 10.3 Å². The molecule has 130 valence electrons. The molecule has 2 aromatic carbocycles. The maximum Gasteiger partial charge on any atom is 0.229 e. The molecule has 1 aromatic heterocycles. The highest BCUT2D eigenvalue weighted by molar-refractivity contribution is 7.22. The number of rotatable bonds is 7. The number of nitrogens with one attached hydrogen (secondary N) is 1. The zero-order valence-electron chi connectivity index (χ0n) is 13.9. The van der Waals surface area contributed by atoms with Crippen LogP contribution in [-0.2, 0) is 4.79 Å². The van der Waals surface area contributed by atoms with Gasteiger partial charge in [0, 0.05) is 0 Å². The molecule has 1 amide bonds. The first-order valence-electron chi connectivity index (χ1n) is 7.70. The Kier molecular flexibility index (Phi) is 5.35. The van der Waals surface area contributed by atoms with Crippen molar-refractivity contribution in [2.24, 2.45) is 0 Å². The monoisotopic (exact) mass is 358 g/mol. The van der Waals surface area contributed by atoms with E-state index in [4.69, 9.17) is 14.2 Å². The third kappa shape index (κ3) is 4.00. The summed E-state index contributed by atoms with van der Waals surface area (Å²) in [5, 5.41) is 3.34. The predicted octanol–water partition coefficient (Wildman–Crippen LogP) is 3.72. The molecule has 3 aromatic rings. The summed E-state index contributed by atoms with van der Waals surface area (Å²) in [6.07, 6.45) is 0.213. The van der Waals surface area contributed by atoms with Crippen LogP contribution in [0.4, 0.5) is 5.13 Å². The number of amides is 1. The van der Waals surface area contributed by atoms with Gasteiger partial charge in [0.05, 0.1) is 31.9 Å². The van der Waals surface area contributed by atoms with Crippen molar-refractivity contribution < 1.29 is 19.0 Å². The second kappa shape index (κ2) is 7.85. The van der Waals surface area contributed by atoms with Crippen LogP contribution in [0.3, 0.4) is 0 Å². The third-order valence-electron chi connectivity index (χ3n) is 3.50. The molecule has 0 saturated carbocycles. The van der Waals surface area contributed by atoms with Gasteiger partial charge in [-0.3, -0.25) is 4.79 Å².